The van der Waals surface area contributed by atoms with Crippen molar-refractivity contribution in [1.29, 1.82) is 0 Å². The number of fused-ring (bicyclic) bond motifs is 1. The van der Waals surface area contributed by atoms with Crippen LogP contribution >= 0.6 is 15.9 Å². The van der Waals surface area contributed by atoms with E-state index in [0.717, 1.165) is 9.86 Å². The summed E-state index contributed by atoms with van der Waals surface area (Å²) in [6.07, 6.45) is 0. The Kier molecular flexibility index (Phi) is 4.16. The molecular formula is C17H13BrN2O3. The van der Waals surface area contributed by atoms with Gasteiger partial charge in [-0.2, -0.15) is 0 Å². The molecule has 0 spiro atoms. The van der Waals surface area contributed by atoms with Crippen LogP contribution in [0.4, 0.5) is 11.4 Å². The minimum atomic E-state index is -0.329. The fourth-order valence-corrected chi connectivity index (χ4v) is 2.54. The third-order valence-electron chi connectivity index (χ3n) is 3.17. The Bertz CT molecular complexity index is 884. The Morgan fingerprint density at radius 3 is 2.26 bits per heavy atom. The van der Waals surface area contributed by atoms with E-state index < -0.39 is 0 Å². The Morgan fingerprint density at radius 2 is 1.61 bits per heavy atom. The van der Waals surface area contributed by atoms with E-state index in [0.29, 0.717) is 17.0 Å². The summed E-state index contributed by atoms with van der Waals surface area (Å²) in [6.45, 7) is 1.44. The highest BCUT2D eigenvalue weighted by Gasteiger charge is 2.12. The van der Waals surface area contributed by atoms with E-state index in [-0.39, 0.29) is 17.6 Å². The average molecular weight is 373 g/mol. The number of hydrogen-bond donors (Lipinski definition) is 2. The molecule has 0 saturated carbocycles. The highest BCUT2D eigenvalue weighted by atomic mass is 79.9. The maximum atomic E-state index is 12.2. The summed E-state index contributed by atoms with van der Waals surface area (Å²) in [4.78, 5) is 23.2. The number of hydrogen-bond acceptors (Lipinski definition) is 3. The first kappa shape index (κ1) is 15.3. The molecule has 6 heteroatoms. The molecule has 0 radical (unpaired) electrons. The quantitative estimate of drug-likeness (QED) is 0.715. The summed E-state index contributed by atoms with van der Waals surface area (Å²) >= 11 is 3.38. The SMILES string of the molecule is CC(=O)Nc1ccc(NC(=O)c2cc3cc(Br)ccc3o2)cc1. The molecule has 0 aliphatic carbocycles. The number of carbonyl (C=O) groups is 2. The van der Waals surface area contributed by atoms with Gasteiger partial charge in [-0.1, -0.05) is 15.9 Å². The van der Waals surface area contributed by atoms with Crippen molar-refractivity contribution >= 4 is 50.1 Å². The molecule has 1 heterocycles. The number of rotatable bonds is 3. The maximum Gasteiger partial charge on any atom is 0.291 e. The van der Waals surface area contributed by atoms with E-state index in [2.05, 4.69) is 26.6 Å². The van der Waals surface area contributed by atoms with Crippen LogP contribution in [0.5, 0.6) is 0 Å². The van der Waals surface area contributed by atoms with Crippen LogP contribution in [0.3, 0.4) is 0 Å². The lowest BCUT2D eigenvalue weighted by Gasteiger charge is -2.05. The topological polar surface area (TPSA) is 71.3 Å². The molecule has 0 atom stereocenters. The number of nitrogens with one attached hydrogen (secondary N) is 2. The standard InChI is InChI=1S/C17H13BrN2O3/c1-10(21)19-13-3-5-14(6-4-13)20-17(22)16-9-11-8-12(18)2-7-15(11)23-16/h2-9H,1H3,(H,19,21)(H,20,22). The fraction of sp³-hybridized carbons (Fsp3) is 0.0588. The lowest BCUT2D eigenvalue weighted by atomic mass is 10.2. The van der Waals surface area contributed by atoms with E-state index >= 15 is 0 Å². The Balaban J connectivity index is 1.76. The summed E-state index contributed by atoms with van der Waals surface area (Å²) < 4.78 is 6.47. The van der Waals surface area contributed by atoms with Gasteiger partial charge in [-0.3, -0.25) is 9.59 Å². The highest BCUT2D eigenvalue weighted by molar-refractivity contribution is 9.10. The second-order valence-electron chi connectivity index (χ2n) is 5.01. The van der Waals surface area contributed by atoms with Gasteiger partial charge in [0.05, 0.1) is 0 Å². The number of anilines is 2. The second kappa shape index (κ2) is 6.26. The minimum absolute atomic E-state index is 0.143. The van der Waals surface area contributed by atoms with Crippen LogP contribution in [0.25, 0.3) is 11.0 Å². The van der Waals surface area contributed by atoms with Gasteiger partial charge in [-0.15, -0.1) is 0 Å². The molecular weight excluding hydrogens is 360 g/mol. The first-order valence-corrected chi connectivity index (χ1v) is 7.69. The van der Waals surface area contributed by atoms with Crippen LogP contribution in [0.15, 0.2) is 57.4 Å². The van der Waals surface area contributed by atoms with Crippen LogP contribution in [-0.2, 0) is 4.79 Å². The molecule has 3 aromatic rings. The highest BCUT2D eigenvalue weighted by Crippen LogP contribution is 2.24. The van der Waals surface area contributed by atoms with Gasteiger partial charge in [0.25, 0.3) is 5.91 Å². The summed E-state index contributed by atoms with van der Waals surface area (Å²) in [5, 5.41) is 6.27. The zero-order valence-corrected chi connectivity index (χ0v) is 13.8. The molecule has 23 heavy (non-hydrogen) atoms. The zero-order valence-electron chi connectivity index (χ0n) is 12.2. The van der Waals surface area contributed by atoms with E-state index in [9.17, 15) is 9.59 Å². The number of benzene rings is 2. The predicted molar refractivity (Wildman–Crippen MR) is 92.6 cm³/mol. The summed E-state index contributed by atoms with van der Waals surface area (Å²) in [5.41, 5.74) is 1.94. The Hall–Kier alpha value is -2.60. The molecule has 0 aliphatic rings. The van der Waals surface area contributed by atoms with Crippen molar-refractivity contribution in [2.24, 2.45) is 0 Å². The van der Waals surface area contributed by atoms with Gasteiger partial charge in [0.1, 0.15) is 5.58 Å². The van der Waals surface area contributed by atoms with Crippen molar-refractivity contribution in [1.82, 2.24) is 0 Å². The van der Waals surface area contributed by atoms with Gasteiger partial charge in [0, 0.05) is 28.2 Å². The van der Waals surface area contributed by atoms with E-state index in [1.54, 1.807) is 36.4 Å². The number of furan rings is 1. The zero-order chi connectivity index (χ0) is 16.4. The average Bonchev–Trinajstić information content (AvgIpc) is 2.92. The van der Waals surface area contributed by atoms with Gasteiger partial charge in [0.15, 0.2) is 5.76 Å². The van der Waals surface area contributed by atoms with Gasteiger partial charge >= 0.3 is 0 Å². The molecule has 0 bridgehead atoms. The van der Waals surface area contributed by atoms with Crippen LogP contribution < -0.4 is 10.6 Å². The number of halogens is 1. The van der Waals surface area contributed by atoms with Crippen LogP contribution in [-0.4, -0.2) is 11.8 Å². The third-order valence-corrected chi connectivity index (χ3v) is 3.66. The van der Waals surface area contributed by atoms with Crippen molar-refractivity contribution < 1.29 is 14.0 Å². The molecule has 0 aliphatic heterocycles. The first-order valence-electron chi connectivity index (χ1n) is 6.89. The molecule has 0 fully saturated rings. The molecule has 0 saturated heterocycles. The molecule has 2 amide bonds. The van der Waals surface area contributed by atoms with Crippen LogP contribution in [0.1, 0.15) is 17.5 Å². The fourth-order valence-electron chi connectivity index (χ4n) is 2.16. The smallest absolute Gasteiger partial charge is 0.291 e. The monoisotopic (exact) mass is 372 g/mol. The third kappa shape index (κ3) is 3.60. The van der Waals surface area contributed by atoms with Gasteiger partial charge in [0.2, 0.25) is 5.91 Å². The van der Waals surface area contributed by atoms with Crippen molar-refractivity contribution in [3.05, 3.63) is 58.8 Å². The molecule has 3 rings (SSSR count). The molecule has 2 aromatic carbocycles. The van der Waals surface area contributed by atoms with Crippen molar-refractivity contribution in [2.45, 2.75) is 6.92 Å². The van der Waals surface area contributed by atoms with Crippen LogP contribution in [0.2, 0.25) is 0 Å². The Labute approximate surface area is 140 Å². The van der Waals surface area contributed by atoms with Gasteiger partial charge in [-0.05, 0) is 48.5 Å². The number of carbonyl (C=O) groups excluding carboxylic acids is 2. The second-order valence-corrected chi connectivity index (χ2v) is 5.92. The largest absolute Gasteiger partial charge is 0.451 e. The molecule has 116 valence electrons. The van der Waals surface area contributed by atoms with Gasteiger partial charge < -0.3 is 15.1 Å². The predicted octanol–water partition coefficient (Wildman–Crippen LogP) is 4.41. The van der Waals surface area contributed by atoms with Crippen molar-refractivity contribution in [3.63, 3.8) is 0 Å². The van der Waals surface area contributed by atoms with Crippen LogP contribution in [0, 0.1) is 0 Å². The first-order chi connectivity index (χ1) is 11.0. The van der Waals surface area contributed by atoms with E-state index in [1.165, 1.54) is 6.92 Å². The van der Waals surface area contributed by atoms with Crippen molar-refractivity contribution in [2.75, 3.05) is 10.6 Å². The molecule has 5 nitrogen and oxygen atoms in total. The summed E-state index contributed by atoms with van der Waals surface area (Å²) in [6, 6.07) is 14.1. The van der Waals surface area contributed by atoms with Gasteiger partial charge in [-0.25, -0.2) is 0 Å². The summed E-state index contributed by atoms with van der Waals surface area (Å²) in [5.74, 6) is -0.233. The van der Waals surface area contributed by atoms with E-state index in [1.807, 2.05) is 12.1 Å². The maximum absolute atomic E-state index is 12.2. The van der Waals surface area contributed by atoms with Crippen molar-refractivity contribution in [3.8, 4) is 0 Å². The number of amides is 2. The Morgan fingerprint density at radius 1 is 0.957 bits per heavy atom. The molecule has 0 unspecified atom stereocenters. The summed E-state index contributed by atoms with van der Waals surface area (Å²) in [7, 11) is 0. The normalized spacial score (nSPS) is 10.5. The molecule has 1 aromatic heterocycles. The molecule has 2 N–H and O–H groups in total. The lowest BCUT2D eigenvalue weighted by Crippen LogP contribution is -2.11. The van der Waals surface area contributed by atoms with E-state index in [4.69, 9.17) is 4.42 Å². The lowest BCUT2D eigenvalue weighted by molar-refractivity contribution is -0.114. The minimum Gasteiger partial charge on any atom is -0.451 e.